The van der Waals surface area contributed by atoms with Gasteiger partial charge in [0.05, 0.1) is 0 Å². The molecule has 0 saturated heterocycles. The second kappa shape index (κ2) is 8.41. The van der Waals surface area contributed by atoms with Gasteiger partial charge in [-0.15, -0.1) is 0 Å². The van der Waals surface area contributed by atoms with Crippen LogP contribution in [-0.2, 0) is 13.9 Å². The van der Waals surface area contributed by atoms with E-state index in [2.05, 4.69) is 4.52 Å². The number of aliphatic carboxylic acids is 1. The minimum absolute atomic E-state index is 0. The van der Waals surface area contributed by atoms with Crippen LogP contribution in [0.4, 0.5) is 0 Å². The van der Waals surface area contributed by atoms with Gasteiger partial charge in [0.2, 0.25) is 0 Å². The van der Waals surface area contributed by atoms with Crippen LogP contribution in [0.25, 0.3) is 0 Å². The predicted molar refractivity (Wildman–Crippen MR) is 46.2 cm³/mol. The van der Waals surface area contributed by atoms with Crippen molar-refractivity contribution in [3.8, 4) is 0 Å². The van der Waals surface area contributed by atoms with Crippen molar-refractivity contribution in [1.29, 1.82) is 0 Å². The minimum Gasteiger partial charge on any atom is -1.00 e. The molecule has 6 nitrogen and oxygen atoms in total. The van der Waals surface area contributed by atoms with Gasteiger partial charge in [0, 0.05) is 0 Å². The first-order valence-corrected chi connectivity index (χ1v) is 3.82. The van der Waals surface area contributed by atoms with Gasteiger partial charge >= 0.3 is 89.3 Å². The average molecular weight is 254 g/mol. The maximum Gasteiger partial charge on any atom is 2.00 e. The Morgan fingerprint density at radius 2 is 1.83 bits per heavy atom. The van der Waals surface area contributed by atoms with Gasteiger partial charge in [-0.2, -0.15) is 0 Å². The predicted octanol–water partition coefficient (Wildman–Crippen LogP) is -0.743. The third-order valence-electron chi connectivity index (χ3n) is 0.643. The van der Waals surface area contributed by atoms with Crippen molar-refractivity contribution in [2.24, 2.45) is 0 Å². The van der Waals surface area contributed by atoms with E-state index in [1.54, 1.807) is 0 Å². The first-order valence-electron chi connectivity index (χ1n) is 2.29. The Morgan fingerprint density at radius 1 is 1.50 bits per heavy atom. The number of hydrogen-bond donors (Lipinski definition) is 3. The van der Waals surface area contributed by atoms with Crippen molar-refractivity contribution in [3.05, 3.63) is 0 Å². The second-order valence-corrected chi connectivity index (χ2v) is 2.77. The number of carbonyl (C=O) groups is 1. The van der Waals surface area contributed by atoms with Gasteiger partial charge in [0.1, 0.15) is 0 Å². The first kappa shape index (κ1) is 19.6. The van der Waals surface area contributed by atoms with Gasteiger partial charge in [-0.05, 0) is 6.92 Å². The fourth-order valence-electron chi connectivity index (χ4n) is 0.251. The molecule has 1 atom stereocenters. The van der Waals surface area contributed by atoms with Crippen LogP contribution in [0.2, 0.25) is 0 Å². The molecular formula is C3H11Ca2O6P. The summed E-state index contributed by atoms with van der Waals surface area (Å²) in [4.78, 5) is 26.0. The number of carboxylic acid groups (broad SMARTS) is 1. The molecule has 68 valence electrons. The zero-order chi connectivity index (χ0) is 8.36. The maximum atomic E-state index is 9.96. The molecule has 3 N–H and O–H groups in total. The van der Waals surface area contributed by atoms with E-state index in [9.17, 15) is 9.36 Å². The van der Waals surface area contributed by atoms with Crippen LogP contribution in [0.1, 0.15) is 12.6 Å². The van der Waals surface area contributed by atoms with E-state index in [1.807, 2.05) is 0 Å². The number of carboxylic acids is 1. The summed E-state index contributed by atoms with van der Waals surface area (Å²) in [5, 5.41) is 8.08. The Balaban J connectivity index is -0.0000000270. The van der Waals surface area contributed by atoms with Crippen LogP contribution in [0.5, 0.6) is 0 Å². The first-order chi connectivity index (χ1) is 4.33. The molecule has 9 heteroatoms. The molecule has 0 aliphatic carbocycles. The molecule has 0 saturated carbocycles. The fraction of sp³-hybridized carbons (Fsp3) is 0.667. The molecule has 0 aromatic rings. The molecule has 0 bridgehead atoms. The summed E-state index contributed by atoms with van der Waals surface area (Å²) < 4.78 is 13.7. The quantitative estimate of drug-likeness (QED) is 0.452. The zero-order valence-electron chi connectivity index (χ0n) is 10.5. The molecule has 0 amide bonds. The van der Waals surface area contributed by atoms with Crippen LogP contribution in [-0.4, -0.2) is 102 Å². The Hall–Kier alpha value is 2.10. The molecule has 0 heterocycles. The van der Waals surface area contributed by atoms with E-state index in [4.69, 9.17) is 14.9 Å². The van der Waals surface area contributed by atoms with Crippen LogP contribution in [0.3, 0.4) is 0 Å². The van der Waals surface area contributed by atoms with Crippen molar-refractivity contribution in [2.45, 2.75) is 13.0 Å². The fourth-order valence-corrected chi connectivity index (χ4v) is 0.753. The third-order valence-corrected chi connectivity index (χ3v) is 1.23. The Kier molecular flexibility index (Phi) is 13.8. The third kappa shape index (κ3) is 12.1. The van der Waals surface area contributed by atoms with Crippen LogP contribution < -0.4 is 0 Å². The molecule has 0 fully saturated rings. The van der Waals surface area contributed by atoms with Gasteiger partial charge in [0.25, 0.3) is 0 Å². The van der Waals surface area contributed by atoms with Gasteiger partial charge in [-0.3, -0.25) is 4.52 Å². The topological polar surface area (TPSA) is 104 Å². The molecular weight excluding hydrogens is 243 g/mol. The summed E-state index contributed by atoms with van der Waals surface area (Å²) in [6, 6.07) is 0. The smallest absolute Gasteiger partial charge is 1.00 e. The molecule has 12 heavy (non-hydrogen) atoms. The second-order valence-electron chi connectivity index (χ2n) is 1.58. The summed E-state index contributed by atoms with van der Waals surface area (Å²) >= 11 is 0. The Bertz CT molecular complexity index is 191. The van der Waals surface area contributed by atoms with E-state index in [1.165, 1.54) is 0 Å². The largest absolute Gasteiger partial charge is 2.00 e. The molecule has 0 aromatic carbocycles. The summed E-state index contributed by atoms with van der Waals surface area (Å²) in [5.41, 5.74) is 0. The molecule has 0 aliphatic heterocycles. The average Bonchev–Trinajstić information content (AvgIpc) is 1.60. The van der Waals surface area contributed by atoms with E-state index in [-0.39, 0.29) is 81.2 Å². The van der Waals surface area contributed by atoms with Gasteiger partial charge < -0.3 is 20.6 Å². The van der Waals surface area contributed by atoms with E-state index in [0.29, 0.717) is 0 Å². The molecule has 0 aromatic heterocycles. The maximum absolute atomic E-state index is 9.96. The summed E-state index contributed by atoms with van der Waals surface area (Å²) in [5.74, 6) is -1.41. The summed E-state index contributed by atoms with van der Waals surface area (Å²) in [6.07, 6.45) is -1.49. The van der Waals surface area contributed by atoms with Crippen molar-refractivity contribution in [2.75, 3.05) is 0 Å². The van der Waals surface area contributed by atoms with Crippen LogP contribution in [0, 0.1) is 0 Å². The van der Waals surface area contributed by atoms with E-state index >= 15 is 0 Å². The molecule has 0 spiro atoms. The minimum atomic E-state index is -4.66. The molecule has 1 unspecified atom stereocenters. The number of hydrogen-bond acceptors (Lipinski definition) is 3. The molecule has 0 rings (SSSR count). The van der Waals surface area contributed by atoms with Gasteiger partial charge in [-0.25, -0.2) is 9.36 Å². The van der Waals surface area contributed by atoms with Crippen molar-refractivity contribution >= 4 is 89.3 Å². The summed E-state index contributed by atoms with van der Waals surface area (Å²) in [6.45, 7) is 1.03. The standard InChI is InChI=1S/C3H7O6P.2Ca.4H/c1-2(3(4)5)9-10(6,7)8;;;;;;/h2H,1H3,(H,4,5)(H2,6,7,8);;;;;;/q;2*+2;4*-1. The van der Waals surface area contributed by atoms with Crippen LogP contribution >= 0.6 is 7.82 Å². The number of phosphoric ester groups is 1. The van der Waals surface area contributed by atoms with E-state index < -0.39 is 19.9 Å². The van der Waals surface area contributed by atoms with Crippen molar-refractivity contribution < 1.29 is 34.5 Å². The SMILES string of the molecule is CC(OP(=O)(O)O)C(=O)O.[Ca+2].[Ca+2].[H-].[H-].[H-].[H-]. The monoisotopic (exact) mass is 254 g/mol. The Morgan fingerprint density at radius 3 is 1.92 bits per heavy atom. The van der Waals surface area contributed by atoms with Crippen molar-refractivity contribution in [1.82, 2.24) is 0 Å². The van der Waals surface area contributed by atoms with Crippen molar-refractivity contribution in [3.63, 3.8) is 0 Å². The molecule has 0 aliphatic rings. The van der Waals surface area contributed by atoms with Gasteiger partial charge in [0.15, 0.2) is 6.10 Å². The zero-order valence-corrected chi connectivity index (χ0v) is 11.8. The normalized spacial score (nSPS) is 12.2. The number of phosphoric acid groups is 1. The van der Waals surface area contributed by atoms with E-state index in [0.717, 1.165) is 6.92 Å². The summed E-state index contributed by atoms with van der Waals surface area (Å²) in [7, 11) is -4.66. The van der Waals surface area contributed by atoms with Gasteiger partial charge in [-0.1, -0.05) is 0 Å². The molecule has 0 radical (unpaired) electrons. The number of rotatable bonds is 3. The van der Waals surface area contributed by atoms with Crippen LogP contribution in [0.15, 0.2) is 0 Å². The Labute approximate surface area is 135 Å².